The van der Waals surface area contributed by atoms with Gasteiger partial charge in [0.2, 0.25) is 0 Å². The number of thiocarbonyl (C=S) groups is 1. The van der Waals surface area contributed by atoms with Crippen LogP contribution in [-0.2, 0) is 11.2 Å². The Bertz CT molecular complexity index is 903. The van der Waals surface area contributed by atoms with E-state index in [1.165, 1.54) is 22.3 Å². The summed E-state index contributed by atoms with van der Waals surface area (Å²) in [6.07, 6.45) is 4.24. The molecule has 1 amide bonds. The van der Waals surface area contributed by atoms with Crippen molar-refractivity contribution in [3.8, 4) is 0 Å². The molecule has 7 heteroatoms. The number of hydrazone groups is 1. The van der Waals surface area contributed by atoms with Gasteiger partial charge in [-0.25, -0.2) is 0 Å². The Hall–Kier alpha value is -1.66. The highest BCUT2D eigenvalue weighted by Gasteiger charge is 2.32. The van der Waals surface area contributed by atoms with Gasteiger partial charge in [0.05, 0.1) is 11.1 Å². The van der Waals surface area contributed by atoms with Crippen molar-refractivity contribution in [3.05, 3.63) is 74.1 Å². The van der Waals surface area contributed by atoms with Gasteiger partial charge >= 0.3 is 0 Å². The number of nitrogens with zero attached hydrogens (tertiary/aromatic N) is 2. The van der Waals surface area contributed by atoms with Gasteiger partial charge in [-0.15, -0.1) is 0 Å². The molecule has 0 aromatic heterocycles. The van der Waals surface area contributed by atoms with Gasteiger partial charge < -0.3 is 0 Å². The van der Waals surface area contributed by atoms with Gasteiger partial charge in [-0.2, -0.15) is 10.1 Å². The van der Waals surface area contributed by atoms with Gasteiger partial charge in [0.25, 0.3) is 5.91 Å². The van der Waals surface area contributed by atoms with Crippen molar-refractivity contribution < 1.29 is 4.79 Å². The number of benzene rings is 2. The number of aryl methyl sites for hydroxylation is 1. The van der Waals surface area contributed by atoms with Crippen LogP contribution in [-0.4, -0.2) is 21.5 Å². The van der Waals surface area contributed by atoms with Gasteiger partial charge in [-0.1, -0.05) is 72.2 Å². The van der Waals surface area contributed by atoms with E-state index in [2.05, 4.69) is 12.0 Å². The minimum Gasteiger partial charge on any atom is -0.266 e. The second-order valence-corrected chi connectivity index (χ2v) is 7.96. The number of hydrogen-bond donors (Lipinski definition) is 0. The first-order valence-electron chi connectivity index (χ1n) is 7.84. The first kappa shape index (κ1) is 19.1. The second kappa shape index (κ2) is 8.35. The summed E-state index contributed by atoms with van der Waals surface area (Å²) in [5, 5.41) is 6.40. The maximum absolute atomic E-state index is 12.6. The highest BCUT2D eigenvalue weighted by Crippen LogP contribution is 2.35. The van der Waals surface area contributed by atoms with Crippen molar-refractivity contribution in [2.45, 2.75) is 13.3 Å². The molecule has 1 aliphatic heterocycles. The van der Waals surface area contributed by atoms with Crippen molar-refractivity contribution in [2.24, 2.45) is 5.10 Å². The molecular formula is C19H14Cl2N2OS2. The van der Waals surface area contributed by atoms with Gasteiger partial charge in [-0.3, -0.25) is 4.79 Å². The summed E-state index contributed by atoms with van der Waals surface area (Å²) in [6.45, 7) is 2.10. The molecule has 1 saturated heterocycles. The lowest BCUT2D eigenvalue weighted by atomic mass is 10.1. The summed E-state index contributed by atoms with van der Waals surface area (Å²) in [5.74, 6) is -0.294. The molecule has 1 heterocycles. The van der Waals surface area contributed by atoms with E-state index in [0.717, 1.165) is 12.0 Å². The third kappa shape index (κ3) is 4.18. The fraction of sp³-hybridized carbons (Fsp3) is 0.105. The van der Waals surface area contributed by atoms with Crippen LogP contribution in [0, 0.1) is 0 Å². The van der Waals surface area contributed by atoms with E-state index in [4.69, 9.17) is 35.4 Å². The van der Waals surface area contributed by atoms with E-state index in [1.54, 1.807) is 30.5 Å². The summed E-state index contributed by atoms with van der Waals surface area (Å²) in [5.41, 5.74) is 2.73. The van der Waals surface area contributed by atoms with Crippen LogP contribution < -0.4 is 0 Å². The zero-order valence-electron chi connectivity index (χ0n) is 13.8. The monoisotopic (exact) mass is 420 g/mol. The highest BCUT2D eigenvalue weighted by molar-refractivity contribution is 8.26. The first-order valence-corrected chi connectivity index (χ1v) is 9.82. The SMILES string of the molecule is CCc1ccc(/C=N/N2C(=O)/C(=C\c3c(Cl)cccc3Cl)SC2=S)cc1. The lowest BCUT2D eigenvalue weighted by Crippen LogP contribution is -2.22. The third-order valence-electron chi connectivity index (χ3n) is 3.76. The average molecular weight is 421 g/mol. The number of hydrogen-bond acceptors (Lipinski definition) is 4. The topological polar surface area (TPSA) is 32.7 Å². The zero-order chi connectivity index (χ0) is 18.7. The lowest BCUT2D eigenvalue weighted by molar-refractivity contribution is -0.122. The highest BCUT2D eigenvalue weighted by atomic mass is 35.5. The zero-order valence-corrected chi connectivity index (χ0v) is 16.9. The maximum Gasteiger partial charge on any atom is 0.286 e. The van der Waals surface area contributed by atoms with Crippen LogP contribution in [0.5, 0.6) is 0 Å². The largest absolute Gasteiger partial charge is 0.286 e. The van der Waals surface area contributed by atoms with E-state index >= 15 is 0 Å². The Balaban J connectivity index is 1.82. The molecule has 1 fully saturated rings. The van der Waals surface area contributed by atoms with Crippen LogP contribution in [0.1, 0.15) is 23.6 Å². The summed E-state index contributed by atoms with van der Waals surface area (Å²) in [7, 11) is 0. The van der Waals surface area contributed by atoms with Gasteiger partial charge in [0.15, 0.2) is 4.32 Å². The molecule has 26 heavy (non-hydrogen) atoms. The number of carbonyl (C=O) groups is 1. The van der Waals surface area contributed by atoms with E-state index in [1.807, 2.05) is 24.3 Å². The molecular weight excluding hydrogens is 407 g/mol. The van der Waals surface area contributed by atoms with Crippen LogP contribution in [0.15, 0.2) is 52.5 Å². The normalized spacial score (nSPS) is 16.3. The summed E-state index contributed by atoms with van der Waals surface area (Å²) < 4.78 is 0.367. The molecule has 1 aliphatic rings. The van der Waals surface area contributed by atoms with Crippen LogP contribution >= 0.6 is 47.2 Å². The molecule has 3 rings (SSSR count). The molecule has 0 saturated carbocycles. The molecule has 0 spiro atoms. The molecule has 132 valence electrons. The van der Waals surface area contributed by atoms with Crippen LogP contribution in [0.25, 0.3) is 6.08 Å². The van der Waals surface area contributed by atoms with Crippen molar-refractivity contribution in [2.75, 3.05) is 0 Å². The number of amides is 1. The number of carbonyl (C=O) groups excluding carboxylic acids is 1. The Morgan fingerprint density at radius 2 is 1.81 bits per heavy atom. The average Bonchev–Trinajstić information content (AvgIpc) is 2.90. The standard InChI is InChI=1S/C19H14Cl2N2OS2/c1-2-12-6-8-13(9-7-12)11-22-23-18(24)17(26-19(23)25)10-14-15(20)4-3-5-16(14)21/h3-11H,2H2,1H3/b17-10+,22-11+. The smallest absolute Gasteiger partial charge is 0.266 e. The molecule has 0 radical (unpaired) electrons. The second-order valence-electron chi connectivity index (χ2n) is 5.47. The van der Waals surface area contributed by atoms with Crippen molar-refractivity contribution >= 4 is 69.7 Å². The molecule has 0 aliphatic carbocycles. The fourth-order valence-electron chi connectivity index (χ4n) is 2.30. The maximum atomic E-state index is 12.6. The molecule has 2 aromatic rings. The van der Waals surface area contributed by atoms with Gasteiger partial charge in [-0.05, 0) is 48.0 Å². The molecule has 0 atom stereocenters. The van der Waals surface area contributed by atoms with E-state index in [0.29, 0.717) is 24.8 Å². The van der Waals surface area contributed by atoms with Crippen molar-refractivity contribution in [1.82, 2.24) is 5.01 Å². The Kier molecular flexibility index (Phi) is 6.14. The van der Waals surface area contributed by atoms with E-state index in [9.17, 15) is 4.79 Å². The van der Waals surface area contributed by atoms with Crippen LogP contribution in [0.4, 0.5) is 0 Å². The summed E-state index contributed by atoms with van der Waals surface area (Å²) >= 11 is 18.8. The molecule has 0 unspecified atom stereocenters. The molecule has 0 N–H and O–H groups in total. The minimum atomic E-state index is -0.294. The number of rotatable bonds is 4. The van der Waals surface area contributed by atoms with Crippen molar-refractivity contribution in [1.29, 1.82) is 0 Å². The van der Waals surface area contributed by atoms with Gasteiger partial charge in [0.1, 0.15) is 0 Å². The lowest BCUT2D eigenvalue weighted by Gasteiger charge is -2.06. The first-order chi connectivity index (χ1) is 12.5. The van der Waals surface area contributed by atoms with Crippen LogP contribution in [0.2, 0.25) is 10.0 Å². The number of thioether (sulfide) groups is 1. The predicted octanol–water partition coefficient (Wildman–Crippen LogP) is 5.79. The predicted molar refractivity (Wildman–Crippen MR) is 115 cm³/mol. The molecule has 3 nitrogen and oxygen atoms in total. The molecule has 0 bridgehead atoms. The van der Waals surface area contributed by atoms with Crippen LogP contribution in [0.3, 0.4) is 0 Å². The van der Waals surface area contributed by atoms with E-state index < -0.39 is 0 Å². The minimum absolute atomic E-state index is 0.294. The van der Waals surface area contributed by atoms with Gasteiger partial charge in [0, 0.05) is 15.6 Å². The Morgan fingerprint density at radius 1 is 1.15 bits per heavy atom. The molecule has 2 aromatic carbocycles. The third-order valence-corrected chi connectivity index (χ3v) is 5.70. The van der Waals surface area contributed by atoms with Crippen molar-refractivity contribution in [3.63, 3.8) is 0 Å². The fourth-order valence-corrected chi connectivity index (χ4v) is 3.96. The van der Waals surface area contributed by atoms with E-state index in [-0.39, 0.29) is 5.91 Å². The summed E-state index contributed by atoms with van der Waals surface area (Å²) in [6, 6.07) is 13.2. The Morgan fingerprint density at radius 3 is 2.42 bits per heavy atom. The quantitative estimate of drug-likeness (QED) is 0.356. The summed E-state index contributed by atoms with van der Waals surface area (Å²) in [4.78, 5) is 13.0. The Labute approximate surface area is 171 Å². The number of halogens is 2.